The molecule has 1 aliphatic carbocycles. The normalized spacial score (nSPS) is 15.1. The van der Waals surface area contributed by atoms with Gasteiger partial charge in [-0.05, 0) is 32.0 Å². The average molecular weight is 300 g/mol. The Bertz CT molecular complexity index is 729. The topological polar surface area (TPSA) is 55.1 Å². The zero-order chi connectivity index (χ0) is 14.2. The van der Waals surface area contributed by atoms with Crippen LogP contribution in [0.5, 0.6) is 0 Å². The van der Waals surface area contributed by atoms with Crippen molar-refractivity contribution in [3.63, 3.8) is 0 Å². The van der Waals surface area contributed by atoms with Gasteiger partial charge in [-0.25, -0.2) is 4.98 Å². The van der Waals surface area contributed by atoms with Gasteiger partial charge in [-0.1, -0.05) is 12.1 Å². The fraction of sp³-hybridized carbons (Fsp3) is 0.400. The SMILES string of the molecule is CN(Cc1nnc(C2CC2)o1)Cc1nc2ccccc2s1. The number of para-hydroxylation sites is 1. The Morgan fingerprint density at radius 2 is 2.10 bits per heavy atom. The van der Waals surface area contributed by atoms with Crippen molar-refractivity contribution in [1.29, 1.82) is 0 Å². The summed E-state index contributed by atoms with van der Waals surface area (Å²) in [7, 11) is 2.05. The summed E-state index contributed by atoms with van der Waals surface area (Å²) in [6, 6.07) is 8.23. The zero-order valence-electron chi connectivity index (χ0n) is 11.8. The summed E-state index contributed by atoms with van der Waals surface area (Å²) < 4.78 is 6.93. The number of hydrogen-bond donors (Lipinski definition) is 0. The Morgan fingerprint density at radius 1 is 1.24 bits per heavy atom. The summed E-state index contributed by atoms with van der Waals surface area (Å²) in [5.74, 6) is 2.01. The highest BCUT2D eigenvalue weighted by atomic mass is 32.1. The fourth-order valence-corrected chi connectivity index (χ4v) is 3.38. The molecular weight excluding hydrogens is 284 g/mol. The van der Waals surface area contributed by atoms with Crippen LogP contribution in [0, 0.1) is 0 Å². The molecule has 1 aromatic carbocycles. The van der Waals surface area contributed by atoms with Crippen LogP contribution in [0.25, 0.3) is 10.2 Å². The number of aromatic nitrogens is 3. The molecule has 0 amide bonds. The summed E-state index contributed by atoms with van der Waals surface area (Å²) >= 11 is 1.74. The van der Waals surface area contributed by atoms with Gasteiger partial charge >= 0.3 is 0 Å². The minimum atomic E-state index is 0.515. The molecule has 0 radical (unpaired) electrons. The molecule has 1 saturated carbocycles. The van der Waals surface area contributed by atoms with E-state index in [0.29, 0.717) is 18.4 Å². The zero-order valence-corrected chi connectivity index (χ0v) is 12.6. The van der Waals surface area contributed by atoms with Crippen LogP contribution in [-0.4, -0.2) is 27.1 Å². The van der Waals surface area contributed by atoms with E-state index in [1.165, 1.54) is 17.5 Å². The third-order valence-electron chi connectivity index (χ3n) is 3.56. The van der Waals surface area contributed by atoms with Crippen molar-refractivity contribution in [2.24, 2.45) is 0 Å². The molecule has 6 heteroatoms. The number of benzene rings is 1. The molecule has 5 nitrogen and oxygen atoms in total. The quantitative estimate of drug-likeness (QED) is 0.724. The Balaban J connectivity index is 1.43. The van der Waals surface area contributed by atoms with Crippen molar-refractivity contribution in [2.45, 2.75) is 31.8 Å². The lowest BCUT2D eigenvalue weighted by molar-refractivity contribution is 0.277. The Morgan fingerprint density at radius 3 is 2.90 bits per heavy atom. The van der Waals surface area contributed by atoms with Gasteiger partial charge in [0.1, 0.15) is 5.01 Å². The minimum Gasteiger partial charge on any atom is -0.424 e. The van der Waals surface area contributed by atoms with E-state index >= 15 is 0 Å². The van der Waals surface area contributed by atoms with Crippen LogP contribution in [0.3, 0.4) is 0 Å². The second-order valence-corrected chi connectivity index (χ2v) is 6.67. The molecule has 21 heavy (non-hydrogen) atoms. The van der Waals surface area contributed by atoms with E-state index in [1.54, 1.807) is 11.3 Å². The van der Waals surface area contributed by atoms with Crippen LogP contribution >= 0.6 is 11.3 Å². The van der Waals surface area contributed by atoms with Gasteiger partial charge in [-0.3, -0.25) is 4.90 Å². The molecule has 3 aromatic rings. The molecule has 2 aromatic heterocycles. The molecule has 0 spiro atoms. The second-order valence-electron chi connectivity index (χ2n) is 5.56. The van der Waals surface area contributed by atoms with Crippen LogP contribution in [-0.2, 0) is 13.1 Å². The van der Waals surface area contributed by atoms with Crippen molar-refractivity contribution < 1.29 is 4.42 Å². The maximum absolute atomic E-state index is 5.69. The van der Waals surface area contributed by atoms with Crippen molar-refractivity contribution in [3.05, 3.63) is 41.1 Å². The third-order valence-corrected chi connectivity index (χ3v) is 4.58. The van der Waals surface area contributed by atoms with Crippen molar-refractivity contribution in [2.75, 3.05) is 7.05 Å². The van der Waals surface area contributed by atoms with E-state index in [1.807, 2.05) is 19.2 Å². The molecule has 1 fully saturated rings. The van der Waals surface area contributed by atoms with E-state index in [2.05, 4.69) is 32.2 Å². The van der Waals surface area contributed by atoms with Gasteiger partial charge in [0.2, 0.25) is 11.8 Å². The molecule has 0 unspecified atom stereocenters. The number of rotatable bonds is 5. The van der Waals surface area contributed by atoms with E-state index in [0.717, 1.165) is 23.0 Å². The first-order valence-electron chi connectivity index (χ1n) is 7.13. The predicted molar refractivity (Wildman–Crippen MR) is 81.1 cm³/mol. The van der Waals surface area contributed by atoms with Gasteiger partial charge in [0.05, 0.1) is 23.3 Å². The molecule has 0 atom stereocenters. The average Bonchev–Trinajstić information content (AvgIpc) is 3.08. The predicted octanol–water partition coefficient (Wildman–Crippen LogP) is 3.19. The van der Waals surface area contributed by atoms with Gasteiger partial charge in [0.25, 0.3) is 0 Å². The Hall–Kier alpha value is -1.79. The van der Waals surface area contributed by atoms with Gasteiger partial charge in [0, 0.05) is 5.92 Å². The first-order chi connectivity index (χ1) is 10.3. The summed E-state index contributed by atoms with van der Waals surface area (Å²) in [6.07, 6.45) is 2.37. The third kappa shape index (κ3) is 2.82. The second kappa shape index (κ2) is 5.20. The van der Waals surface area contributed by atoms with Gasteiger partial charge < -0.3 is 4.42 Å². The highest BCUT2D eigenvalue weighted by Gasteiger charge is 2.29. The standard InChI is InChI=1S/C15H16N4OS/c1-19(8-13-17-18-15(20-13)10-6-7-10)9-14-16-11-4-2-3-5-12(11)21-14/h2-5,10H,6-9H2,1H3. The maximum Gasteiger partial charge on any atom is 0.230 e. The highest BCUT2D eigenvalue weighted by Crippen LogP contribution is 2.39. The van der Waals surface area contributed by atoms with Crippen LogP contribution in [0.2, 0.25) is 0 Å². The van der Waals surface area contributed by atoms with Crippen LogP contribution in [0.1, 0.15) is 35.5 Å². The molecule has 0 bridgehead atoms. The monoisotopic (exact) mass is 300 g/mol. The van der Waals surface area contributed by atoms with Crippen LogP contribution < -0.4 is 0 Å². The van der Waals surface area contributed by atoms with Crippen molar-refractivity contribution in [3.8, 4) is 0 Å². The Labute approximate surface area is 126 Å². The lowest BCUT2D eigenvalue weighted by atomic mass is 10.3. The maximum atomic E-state index is 5.69. The van der Waals surface area contributed by atoms with Crippen LogP contribution in [0.15, 0.2) is 28.7 Å². The first kappa shape index (κ1) is 12.9. The number of hydrogen-bond acceptors (Lipinski definition) is 6. The molecule has 0 aliphatic heterocycles. The lowest BCUT2D eigenvalue weighted by Gasteiger charge is -2.11. The van der Waals surface area contributed by atoms with Gasteiger partial charge in [0.15, 0.2) is 0 Å². The Kier molecular flexibility index (Phi) is 3.20. The minimum absolute atomic E-state index is 0.515. The van der Waals surface area contributed by atoms with E-state index in [9.17, 15) is 0 Å². The van der Waals surface area contributed by atoms with E-state index < -0.39 is 0 Å². The lowest BCUT2D eigenvalue weighted by Crippen LogP contribution is -2.17. The smallest absolute Gasteiger partial charge is 0.230 e. The number of nitrogens with zero attached hydrogens (tertiary/aromatic N) is 4. The summed E-state index contributed by atoms with van der Waals surface area (Å²) in [6.45, 7) is 1.45. The summed E-state index contributed by atoms with van der Waals surface area (Å²) in [4.78, 5) is 6.80. The molecule has 1 aliphatic rings. The van der Waals surface area contributed by atoms with Crippen molar-refractivity contribution >= 4 is 21.6 Å². The van der Waals surface area contributed by atoms with Crippen LogP contribution in [0.4, 0.5) is 0 Å². The summed E-state index contributed by atoms with van der Waals surface area (Å²) in [5.41, 5.74) is 1.07. The van der Waals surface area contributed by atoms with Gasteiger partial charge in [-0.2, -0.15) is 0 Å². The fourth-order valence-electron chi connectivity index (χ4n) is 2.33. The van der Waals surface area contributed by atoms with Gasteiger partial charge in [-0.15, -0.1) is 21.5 Å². The molecular formula is C15H16N4OS. The number of thiazole rings is 1. The molecule has 0 N–H and O–H groups in total. The van der Waals surface area contributed by atoms with E-state index in [-0.39, 0.29) is 0 Å². The molecule has 4 rings (SSSR count). The highest BCUT2D eigenvalue weighted by molar-refractivity contribution is 7.18. The first-order valence-corrected chi connectivity index (χ1v) is 7.95. The van der Waals surface area contributed by atoms with E-state index in [4.69, 9.17) is 4.42 Å². The molecule has 0 saturated heterocycles. The molecule has 108 valence electrons. The largest absolute Gasteiger partial charge is 0.424 e. The number of fused-ring (bicyclic) bond motifs is 1. The van der Waals surface area contributed by atoms with Crippen molar-refractivity contribution in [1.82, 2.24) is 20.1 Å². The molecule has 2 heterocycles. The summed E-state index contributed by atoms with van der Waals surface area (Å²) in [5, 5.41) is 9.35.